The van der Waals surface area contributed by atoms with Crippen LogP contribution in [-0.2, 0) is 20.0 Å². The van der Waals surface area contributed by atoms with Gasteiger partial charge in [0.25, 0.3) is 0 Å². The molecule has 1 saturated heterocycles. The molecule has 0 bridgehead atoms. The maximum absolute atomic E-state index is 11.9. The minimum atomic E-state index is -0.265. The van der Waals surface area contributed by atoms with Crippen molar-refractivity contribution in [3.05, 3.63) is 63.8 Å². The molecule has 1 unspecified atom stereocenters. The number of benzene rings is 1. The standard InChI is InChI=1S/C20H23N3O2/c1-14-3-4-18-17(9-20(24)25-19(18)7-14)13-23-6-5-15(12-23)8-16-10-21-22(2)11-16/h3-4,7,9-11,15H,5-6,8,12-13H2,1-2H3. The molecule has 0 aliphatic carbocycles. The lowest BCUT2D eigenvalue weighted by atomic mass is 10.0. The second-order valence-corrected chi connectivity index (χ2v) is 7.21. The molecule has 1 aromatic carbocycles. The summed E-state index contributed by atoms with van der Waals surface area (Å²) in [5.41, 5.74) is 3.89. The Balaban J connectivity index is 1.49. The fourth-order valence-electron chi connectivity index (χ4n) is 3.84. The van der Waals surface area contributed by atoms with E-state index in [-0.39, 0.29) is 5.63 Å². The van der Waals surface area contributed by atoms with E-state index in [0.29, 0.717) is 11.5 Å². The lowest BCUT2D eigenvalue weighted by molar-refractivity contribution is 0.316. The van der Waals surface area contributed by atoms with Gasteiger partial charge in [-0.1, -0.05) is 12.1 Å². The molecule has 1 fully saturated rings. The highest BCUT2D eigenvalue weighted by atomic mass is 16.4. The van der Waals surface area contributed by atoms with Crippen LogP contribution in [0.1, 0.15) is 23.1 Å². The van der Waals surface area contributed by atoms with Crippen molar-refractivity contribution >= 4 is 11.0 Å². The molecule has 0 N–H and O–H groups in total. The Morgan fingerprint density at radius 2 is 2.20 bits per heavy atom. The number of aromatic nitrogens is 2. The first-order chi connectivity index (χ1) is 12.1. The number of hydrogen-bond donors (Lipinski definition) is 0. The van der Waals surface area contributed by atoms with Crippen molar-refractivity contribution in [1.82, 2.24) is 14.7 Å². The third kappa shape index (κ3) is 3.51. The molecule has 0 radical (unpaired) electrons. The topological polar surface area (TPSA) is 51.3 Å². The van der Waals surface area contributed by atoms with Crippen LogP contribution in [0.25, 0.3) is 11.0 Å². The highest BCUT2D eigenvalue weighted by molar-refractivity contribution is 5.80. The van der Waals surface area contributed by atoms with E-state index in [1.807, 2.05) is 30.9 Å². The fourth-order valence-corrected chi connectivity index (χ4v) is 3.84. The van der Waals surface area contributed by atoms with E-state index >= 15 is 0 Å². The SMILES string of the molecule is Cc1ccc2c(CN3CCC(Cc4cnn(C)c4)C3)cc(=O)oc2c1. The van der Waals surface area contributed by atoms with Gasteiger partial charge in [0.2, 0.25) is 0 Å². The summed E-state index contributed by atoms with van der Waals surface area (Å²) in [6, 6.07) is 7.72. The molecule has 0 amide bonds. The summed E-state index contributed by atoms with van der Waals surface area (Å²) in [6.07, 6.45) is 6.32. The van der Waals surface area contributed by atoms with Gasteiger partial charge < -0.3 is 4.42 Å². The van der Waals surface area contributed by atoms with E-state index < -0.39 is 0 Å². The van der Waals surface area contributed by atoms with Crippen LogP contribution in [0.15, 0.2) is 45.9 Å². The molecule has 1 atom stereocenters. The molecule has 5 heteroatoms. The highest BCUT2D eigenvalue weighted by Crippen LogP contribution is 2.25. The molecule has 3 aromatic rings. The summed E-state index contributed by atoms with van der Waals surface area (Å²) in [7, 11) is 1.96. The van der Waals surface area contributed by atoms with Crippen molar-refractivity contribution in [3.63, 3.8) is 0 Å². The van der Waals surface area contributed by atoms with Crippen molar-refractivity contribution in [3.8, 4) is 0 Å². The lowest BCUT2D eigenvalue weighted by Crippen LogP contribution is -2.21. The summed E-state index contributed by atoms with van der Waals surface area (Å²) in [6.45, 7) is 4.94. The average molecular weight is 337 g/mol. The Kier molecular flexibility index (Phi) is 4.17. The summed E-state index contributed by atoms with van der Waals surface area (Å²) in [5, 5.41) is 5.30. The smallest absolute Gasteiger partial charge is 0.336 e. The van der Waals surface area contributed by atoms with Crippen LogP contribution in [0.2, 0.25) is 0 Å². The lowest BCUT2D eigenvalue weighted by Gasteiger charge is -2.17. The zero-order chi connectivity index (χ0) is 17.4. The summed E-state index contributed by atoms with van der Waals surface area (Å²) < 4.78 is 7.23. The van der Waals surface area contributed by atoms with Crippen molar-refractivity contribution in [2.24, 2.45) is 13.0 Å². The Hall–Kier alpha value is -2.40. The third-order valence-corrected chi connectivity index (χ3v) is 5.03. The van der Waals surface area contributed by atoms with E-state index in [4.69, 9.17) is 4.42 Å². The zero-order valence-corrected chi connectivity index (χ0v) is 14.7. The second kappa shape index (κ2) is 6.48. The summed E-state index contributed by atoms with van der Waals surface area (Å²) in [4.78, 5) is 14.3. The predicted molar refractivity (Wildman–Crippen MR) is 97.5 cm³/mol. The fraction of sp³-hybridized carbons (Fsp3) is 0.400. The number of fused-ring (bicyclic) bond motifs is 1. The zero-order valence-electron chi connectivity index (χ0n) is 14.7. The van der Waals surface area contributed by atoms with E-state index in [9.17, 15) is 4.79 Å². The highest BCUT2D eigenvalue weighted by Gasteiger charge is 2.23. The summed E-state index contributed by atoms with van der Waals surface area (Å²) >= 11 is 0. The average Bonchev–Trinajstić information content (AvgIpc) is 3.16. The Morgan fingerprint density at radius 1 is 1.32 bits per heavy atom. The largest absolute Gasteiger partial charge is 0.423 e. The van der Waals surface area contributed by atoms with Crippen molar-refractivity contribution in [2.45, 2.75) is 26.3 Å². The predicted octanol–water partition coefficient (Wildman–Crippen LogP) is 2.90. The molecule has 5 nitrogen and oxygen atoms in total. The van der Waals surface area contributed by atoms with Crippen LogP contribution in [-0.4, -0.2) is 27.8 Å². The van der Waals surface area contributed by atoms with E-state index in [1.165, 1.54) is 12.0 Å². The molecule has 2 aromatic heterocycles. The molecule has 4 rings (SSSR count). The van der Waals surface area contributed by atoms with Crippen molar-refractivity contribution in [1.29, 1.82) is 0 Å². The first-order valence-electron chi connectivity index (χ1n) is 8.80. The molecule has 25 heavy (non-hydrogen) atoms. The van der Waals surface area contributed by atoms with Crippen molar-refractivity contribution in [2.75, 3.05) is 13.1 Å². The molecule has 1 aliphatic rings. The first-order valence-corrected chi connectivity index (χ1v) is 8.80. The van der Waals surface area contributed by atoms with Gasteiger partial charge in [-0.2, -0.15) is 5.10 Å². The van der Waals surface area contributed by atoms with Gasteiger partial charge in [-0.15, -0.1) is 0 Å². The number of hydrogen-bond acceptors (Lipinski definition) is 4. The molecule has 3 heterocycles. The van der Waals surface area contributed by atoms with Gasteiger partial charge in [0.05, 0.1) is 6.20 Å². The first kappa shape index (κ1) is 16.1. The van der Waals surface area contributed by atoms with Gasteiger partial charge in [-0.05, 0) is 55.0 Å². The van der Waals surface area contributed by atoms with Gasteiger partial charge in [0, 0.05) is 37.8 Å². The number of aryl methyl sites for hydroxylation is 2. The van der Waals surface area contributed by atoms with Crippen LogP contribution in [0.5, 0.6) is 0 Å². The second-order valence-electron chi connectivity index (χ2n) is 7.21. The van der Waals surface area contributed by atoms with Crippen LogP contribution >= 0.6 is 0 Å². The minimum absolute atomic E-state index is 0.265. The van der Waals surface area contributed by atoms with Crippen molar-refractivity contribution < 1.29 is 4.42 Å². The maximum Gasteiger partial charge on any atom is 0.336 e. The molecule has 130 valence electrons. The molecule has 0 spiro atoms. The third-order valence-electron chi connectivity index (χ3n) is 5.03. The van der Waals surface area contributed by atoms with E-state index in [2.05, 4.69) is 28.3 Å². The van der Waals surface area contributed by atoms with Crippen LogP contribution in [0.4, 0.5) is 0 Å². The molecule has 1 aliphatic heterocycles. The maximum atomic E-state index is 11.9. The van der Waals surface area contributed by atoms with Gasteiger partial charge >= 0.3 is 5.63 Å². The van der Waals surface area contributed by atoms with Gasteiger partial charge in [0.1, 0.15) is 5.58 Å². The molecular weight excluding hydrogens is 314 g/mol. The van der Waals surface area contributed by atoms with Gasteiger partial charge in [-0.3, -0.25) is 9.58 Å². The number of nitrogens with zero attached hydrogens (tertiary/aromatic N) is 3. The van der Waals surface area contributed by atoms with Crippen LogP contribution in [0.3, 0.4) is 0 Å². The normalized spacial score (nSPS) is 18.2. The quantitative estimate of drug-likeness (QED) is 0.687. The van der Waals surface area contributed by atoms with E-state index in [0.717, 1.165) is 42.6 Å². The number of likely N-dealkylation sites (tertiary alicyclic amines) is 1. The van der Waals surface area contributed by atoms with E-state index in [1.54, 1.807) is 6.07 Å². The van der Waals surface area contributed by atoms with Crippen LogP contribution in [0, 0.1) is 12.8 Å². The summed E-state index contributed by atoms with van der Waals surface area (Å²) in [5.74, 6) is 0.651. The van der Waals surface area contributed by atoms with Gasteiger partial charge in [0.15, 0.2) is 0 Å². The number of rotatable bonds is 4. The Morgan fingerprint density at radius 3 is 3.00 bits per heavy atom. The molecule has 0 saturated carbocycles. The van der Waals surface area contributed by atoms with Crippen LogP contribution < -0.4 is 5.63 Å². The Labute approximate surface area is 146 Å². The minimum Gasteiger partial charge on any atom is -0.423 e. The van der Waals surface area contributed by atoms with Gasteiger partial charge in [-0.25, -0.2) is 4.79 Å². The Bertz CT molecular complexity index is 957. The monoisotopic (exact) mass is 337 g/mol. The molecular formula is C20H23N3O2.